The molecule has 190 valence electrons. The minimum absolute atomic E-state index is 0. The Kier molecular flexibility index (Phi) is 10.9. The number of nitro benzene ring substituents is 1. The zero-order valence-corrected chi connectivity index (χ0v) is 20.9. The first-order chi connectivity index (χ1) is 16.7. The fraction of sp³-hybridized carbons (Fsp3) is 0.211. The van der Waals surface area contributed by atoms with Crippen molar-refractivity contribution in [3.8, 4) is 0 Å². The molecule has 0 saturated carbocycles. The van der Waals surface area contributed by atoms with Crippen molar-refractivity contribution in [3.05, 3.63) is 84.3 Å². The Hall–Kier alpha value is -3.41. The summed E-state index contributed by atoms with van der Waals surface area (Å²) >= 11 is 5.30. The SMILES string of the molecule is C.CSc1nnc(Sc2ncc([N+](=O)[O-])s2)s1.O=[N+]([O-])c1ccc(CCc2ccc([N+](=O)[O-])o2)cc1. The van der Waals surface area contributed by atoms with E-state index in [1.54, 1.807) is 18.2 Å². The number of nitro groups is 3. The fourth-order valence-corrected chi connectivity index (χ4v) is 5.85. The van der Waals surface area contributed by atoms with Gasteiger partial charge >= 0.3 is 10.9 Å². The molecule has 4 rings (SSSR count). The van der Waals surface area contributed by atoms with E-state index in [1.165, 1.54) is 59.3 Å². The van der Waals surface area contributed by atoms with Gasteiger partial charge in [-0.1, -0.05) is 42.7 Å². The highest BCUT2D eigenvalue weighted by Crippen LogP contribution is 2.36. The van der Waals surface area contributed by atoms with Crippen molar-refractivity contribution in [2.45, 2.75) is 33.3 Å². The van der Waals surface area contributed by atoms with E-state index in [2.05, 4.69) is 15.2 Å². The molecule has 0 saturated heterocycles. The quantitative estimate of drug-likeness (QED) is 0.125. The summed E-state index contributed by atoms with van der Waals surface area (Å²) in [5, 5.41) is 39.3. The van der Waals surface area contributed by atoms with Gasteiger partial charge in [-0.15, -0.1) is 10.2 Å². The highest BCUT2D eigenvalue weighted by atomic mass is 32.2. The molecule has 0 aliphatic rings. The molecule has 0 atom stereocenters. The maximum absolute atomic E-state index is 10.5. The predicted octanol–water partition coefficient (Wildman–Crippen LogP) is 6.29. The molecule has 3 aromatic heterocycles. The van der Waals surface area contributed by atoms with E-state index in [-0.39, 0.29) is 24.0 Å². The van der Waals surface area contributed by atoms with Crippen molar-refractivity contribution in [1.82, 2.24) is 15.2 Å². The number of aryl methyl sites for hydroxylation is 2. The topological polar surface area (TPSA) is 181 Å². The first kappa shape index (κ1) is 28.8. The van der Waals surface area contributed by atoms with Crippen LogP contribution in [0.5, 0.6) is 0 Å². The smallest absolute Gasteiger partial charge is 0.406 e. The Balaban J connectivity index is 0.000000250. The van der Waals surface area contributed by atoms with Crippen molar-refractivity contribution >= 4 is 62.8 Å². The molecule has 17 heteroatoms. The Labute approximate surface area is 220 Å². The lowest BCUT2D eigenvalue weighted by molar-refractivity contribution is -0.402. The number of thiazole rings is 1. The standard InChI is InChI=1S/C12H10N2O5.C6H4N4O2S4.CH4/c15-13(16)10-4-1-9(2-5-10)3-6-11-7-8-12(19-11)14(17)18;1-13-5-8-9-6(16-5)15-4-7-2-3(14-4)10(11)12;/h1-2,4-5,7-8H,3,6H2;2H,1H3;1H4. The van der Waals surface area contributed by atoms with Crippen LogP contribution in [-0.4, -0.2) is 36.2 Å². The summed E-state index contributed by atoms with van der Waals surface area (Å²) in [6.45, 7) is 0. The zero-order chi connectivity index (χ0) is 25.4. The molecule has 3 heterocycles. The zero-order valence-electron chi connectivity index (χ0n) is 17.6. The lowest BCUT2D eigenvalue weighted by Crippen LogP contribution is -1.92. The molecule has 1 aromatic carbocycles. The van der Waals surface area contributed by atoms with E-state index in [0.717, 1.165) is 25.6 Å². The second-order valence-electron chi connectivity index (χ2n) is 6.28. The fourth-order valence-electron chi connectivity index (χ4n) is 2.43. The third-order valence-corrected chi connectivity index (χ3v) is 8.00. The monoisotopic (exact) mass is 570 g/mol. The van der Waals surface area contributed by atoms with Gasteiger partial charge in [-0.2, -0.15) is 0 Å². The van der Waals surface area contributed by atoms with Crippen molar-refractivity contribution < 1.29 is 19.2 Å². The molecule has 0 unspecified atom stereocenters. The summed E-state index contributed by atoms with van der Waals surface area (Å²) in [6, 6.07) is 9.06. The van der Waals surface area contributed by atoms with Crippen LogP contribution in [0, 0.1) is 30.3 Å². The molecule has 36 heavy (non-hydrogen) atoms. The molecular weight excluding hydrogens is 553 g/mol. The molecule has 0 fully saturated rings. The van der Waals surface area contributed by atoms with E-state index >= 15 is 0 Å². The molecule has 0 aliphatic heterocycles. The van der Waals surface area contributed by atoms with Crippen LogP contribution >= 0.6 is 46.2 Å². The summed E-state index contributed by atoms with van der Waals surface area (Å²) in [4.78, 5) is 33.8. The van der Waals surface area contributed by atoms with Gasteiger partial charge < -0.3 is 4.42 Å². The summed E-state index contributed by atoms with van der Waals surface area (Å²) < 4.78 is 7.24. The molecule has 0 amide bonds. The van der Waals surface area contributed by atoms with Gasteiger partial charge in [0.25, 0.3) is 5.69 Å². The van der Waals surface area contributed by atoms with Gasteiger partial charge in [0, 0.05) is 18.6 Å². The van der Waals surface area contributed by atoms with E-state index in [1.807, 2.05) is 6.26 Å². The summed E-state index contributed by atoms with van der Waals surface area (Å²) in [5.41, 5.74) is 0.946. The largest absolute Gasteiger partial charge is 0.433 e. The summed E-state index contributed by atoms with van der Waals surface area (Å²) in [7, 11) is 0. The molecular formula is C19H18N6O7S4. The van der Waals surface area contributed by atoms with E-state index in [4.69, 9.17) is 4.42 Å². The van der Waals surface area contributed by atoms with Gasteiger partial charge in [-0.05, 0) is 47.4 Å². The van der Waals surface area contributed by atoms with E-state index in [9.17, 15) is 30.3 Å². The van der Waals surface area contributed by atoms with Gasteiger partial charge in [0.1, 0.15) is 16.9 Å². The molecule has 0 spiro atoms. The molecule has 0 N–H and O–H groups in total. The number of non-ortho nitro benzene ring substituents is 1. The molecule has 13 nitrogen and oxygen atoms in total. The molecule has 0 radical (unpaired) electrons. The molecule has 4 aromatic rings. The third-order valence-electron chi connectivity index (χ3n) is 4.02. The second-order valence-corrected chi connectivity index (χ2v) is 10.8. The number of benzene rings is 1. The predicted molar refractivity (Wildman–Crippen MR) is 137 cm³/mol. The minimum atomic E-state index is -0.588. The van der Waals surface area contributed by atoms with Gasteiger partial charge in [-0.3, -0.25) is 30.3 Å². The Bertz CT molecular complexity index is 1320. The lowest BCUT2D eigenvalue weighted by atomic mass is 10.1. The number of furan rings is 1. The van der Waals surface area contributed by atoms with E-state index < -0.39 is 14.8 Å². The molecule has 0 bridgehead atoms. The number of rotatable bonds is 9. The highest BCUT2D eigenvalue weighted by molar-refractivity contribution is 8.04. The number of thioether (sulfide) groups is 1. The van der Waals surface area contributed by atoms with E-state index in [0.29, 0.717) is 22.9 Å². The van der Waals surface area contributed by atoms with Crippen LogP contribution in [0.15, 0.2) is 60.0 Å². The van der Waals surface area contributed by atoms with Crippen LogP contribution in [0.2, 0.25) is 0 Å². The second kappa shape index (κ2) is 13.6. The maximum Gasteiger partial charge on any atom is 0.433 e. The number of nitrogens with zero attached hydrogens (tertiary/aromatic N) is 6. The van der Waals surface area contributed by atoms with Crippen molar-refractivity contribution in [3.63, 3.8) is 0 Å². The Morgan fingerprint density at radius 3 is 2.08 bits per heavy atom. The van der Waals surface area contributed by atoms with Crippen molar-refractivity contribution in [2.75, 3.05) is 6.26 Å². The first-order valence-corrected chi connectivity index (χ1v) is 13.0. The highest BCUT2D eigenvalue weighted by Gasteiger charge is 2.14. The van der Waals surface area contributed by atoms with Gasteiger partial charge in [0.15, 0.2) is 13.0 Å². The van der Waals surface area contributed by atoms with Crippen LogP contribution < -0.4 is 0 Å². The minimum Gasteiger partial charge on any atom is -0.406 e. The Morgan fingerprint density at radius 1 is 0.861 bits per heavy atom. The maximum atomic E-state index is 10.5. The van der Waals surface area contributed by atoms with Crippen LogP contribution in [0.4, 0.5) is 16.6 Å². The van der Waals surface area contributed by atoms with Crippen molar-refractivity contribution in [2.24, 2.45) is 0 Å². The first-order valence-electron chi connectivity index (χ1n) is 9.37. The lowest BCUT2D eigenvalue weighted by Gasteiger charge is -1.98. The normalized spacial score (nSPS) is 10.1. The number of hydrogen-bond donors (Lipinski definition) is 0. The average Bonchev–Trinajstić information content (AvgIpc) is 3.60. The van der Waals surface area contributed by atoms with Gasteiger partial charge in [-0.25, -0.2) is 4.98 Å². The summed E-state index contributed by atoms with van der Waals surface area (Å²) in [6.07, 6.45) is 4.28. The van der Waals surface area contributed by atoms with Gasteiger partial charge in [0.2, 0.25) is 0 Å². The van der Waals surface area contributed by atoms with Gasteiger partial charge in [0.05, 0.1) is 15.9 Å². The number of hydrogen-bond acceptors (Lipinski definition) is 14. The third kappa shape index (κ3) is 8.36. The Morgan fingerprint density at radius 2 is 1.56 bits per heavy atom. The molecule has 0 aliphatic carbocycles. The van der Waals surface area contributed by atoms with Crippen LogP contribution in [0.3, 0.4) is 0 Å². The van der Waals surface area contributed by atoms with Crippen LogP contribution in [0.25, 0.3) is 0 Å². The number of aromatic nitrogens is 3. The van der Waals surface area contributed by atoms with Crippen LogP contribution in [0.1, 0.15) is 18.8 Å². The average molecular weight is 571 g/mol. The summed E-state index contributed by atoms with van der Waals surface area (Å²) in [5.74, 6) is 0.240. The van der Waals surface area contributed by atoms with Crippen LogP contribution in [-0.2, 0) is 12.8 Å². The van der Waals surface area contributed by atoms with Crippen molar-refractivity contribution in [1.29, 1.82) is 0 Å².